The number of nitrogens with zero attached hydrogens (tertiary/aromatic N) is 1. The van der Waals surface area contributed by atoms with Crippen LogP contribution in [-0.4, -0.2) is 43.4 Å². The molecule has 0 bridgehead atoms. The Hall–Kier alpha value is -0.970. The van der Waals surface area contributed by atoms with E-state index in [0.717, 1.165) is 32.6 Å². The quantitative estimate of drug-likeness (QED) is 0.916. The molecule has 0 unspecified atom stereocenters. The second-order valence-electron chi connectivity index (χ2n) is 4.81. The number of nitrogens with one attached hydrogen (secondary N) is 1. The third-order valence-electron chi connectivity index (χ3n) is 3.25. The molecule has 5 heteroatoms. The molecule has 19 heavy (non-hydrogen) atoms. The molecule has 0 aliphatic carbocycles. The second-order valence-corrected chi connectivity index (χ2v) is 5.19. The van der Waals surface area contributed by atoms with Crippen molar-refractivity contribution in [2.75, 3.05) is 32.7 Å². The lowest BCUT2D eigenvalue weighted by Gasteiger charge is -2.18. The van der Waals surface area contributed by atoms with Crippen molar-refractivity contribution < 1.29 is 9.18 Å². The summed E-state index contributed by atoms with van der Waals surface area (Å²) in [5.74, 6) is -0.389. The van der Waals surface area contributed by atoms with Crippen LogP contribution in [0.25, 0.3) is 0 Å². The van der Waals surface area contributed by atoms with Crippen LogP contribution in [0.15, 0.2) is 18.2 Å². The highest BCUT2D eigenvalue weighted by atomic mass is 35.5. The Morgan fingerprint density at radius 2 is 2.21 bits per heavy atom. The van der Waals surface area contributed by atoms with Crippen molar-refractivity contribution in [3.8, 4) is 0 Å². The Balaban J connectivity index is 1.91. The summed E-state index contributed by atoms with van der Waals surface area (Å²) >= 11 is 5.86. The van der Waals surface area contributed by atoms with Crippen molar-refractivity contribution in [1.29, 1.82) is 0 Å². The molecule has 1 N–H and O–H groups in total. The number of ketones is 1. The lowest BCUT2D eigenvalue weighted by Crippen LogP contribution is -2.33. The van der Waals surface area contributed by atoms with E-state index in [-0.39, 0.29) is 17.2 Å². The summed E-state index contributed by atoms with van der Waals surface area (Å²) < 4.78 is 13.3. The zero-order chi connectivity index (χ0) is 13.7. The molecule has 3 nitrogen and oxygen atoms in total. The third kappa shape index (κ3) is 4.27. The van der Waals surface area contributed by atoms with Gasteiger partial charge in [0.25, 0.3) is 0 Å². The predicted octanol–water partition coefficient (Wildman–Crippen LogP) is 1.89. The molecule has 0 aromatic heterocycles. The zero-order valence-electron chi connectivity index (χ0n) is 10.8. The molecule has 1 aliphatic heterocycles. The Labute approximate surface area is 117 Å². The molecule has 0 amide bonds. The molecule has 0 radical (unpaired) electrons. The molecule has 0 saturated carbocycles. The first-order chi connectivity index (χ1) is 9.16. The number of hydrogen-bond acceptors (Lipinski definition) is 3. The summed E-state index contributed by atoms with van der Waals surface area (Å²) in [5, 5.41) is 3.36. The summed E-state index contributed by atoms with van der Waals surface area (Å²) in [6, 6.07) is 4.59. The van der Waals surface area contributed by atoms with Gasteiger partial charge in [0.05, 0.1) is 11.6 Å². The van der Waals surface area contributed by atoms with Gasteiger partial charge in [-0.1, -0.05) is 23.7 Å². The highest BCUT2D eigenvalue weighted by Crippen LogP contribution is 2.20. The summed E-state index contributed by atoms with van der Waals surface area (Å²) in [6.45, 7) is 4.13. The molecule has 0 atom stereocenters. The number of rotatable bonds is 4. The molecule has 1 fully saturated rings. The van der Waals surface area contributed by atoms with Gasteiger partial charge in [-0.2, -0.15) is 0 Å². The van der Waals surface area contributed by atoms with Gasteiger partial charge in [0.15, 0.2) is 5.78 Å². The summed E-state index contributed by atoms with van der Waals surface area (Å²) in [5.41, 5.74) is 0.569. The lowest BCUT2D eigenvalue weighted by molar-refractivity contribution is -0.119. The Morgan fingerprint density at radius 1 is 1.37 bits per heavy atom. The van der Waals surface area contributed by atoms with Gasteiger partial charge in [-0.15, -0.1) is 0 Å². The van der Waals surface area contributed by atoms with E-state index in [1.807, 2.05) is 0 Å². The van der Waals surface area contributed by atoms with Crippen molar-refractivity contribution >= 4 is 17.4 Å². The van der Waals surface area contributed by atoms with E-state index in [0.29, 0.717) is 12.1 Å². The lowest BCUT2D eigenvalue weighted by atomic mass is 10.1. The van der Waals surface area contributed by atoms with E-state index in [1.165, 1.54) is 6.07 Å². The molecule has 1 saturated heterocycles. The normalized spacial score (nSPS) is 17.2. The average molecular weight is 285 g/mol. The van der Waals surface area contributed by atoms with Crippen molar-refractivity contribution in [3.05, 3.63) is 34.6 Å². The van der Waals surface area contributed by atoms with E-state index in [4.69, 9.17) is 11.6 Å². The molecule has 1 heterocycles. The predicted molar refractivity (Wildman–Crippen MR) is 74.0 cm³/mol. The van der Waals surface area contributed by atoms with Crippen LogP contribution in [0.4, 0.5) is 4.39 Å². The van der Waals surface area contributed by atoms with E-state index >= 15 is 0 Å². The largest absolute Gasteiger partial charge is 0.315 e. The van der Waals surface area contributed by atoms with Crippen LogP contribution in [0.1, 0.15) is 12.0 Å². The van der Waals surface area contributed by atoms with Gasteiger partial charge in [0.1, 0.15) is 5.82 Å². The van der Waals surface area contributed by atoms with Gasteiger partial charge >= 0.3 is 0 Å². The second kappa shape index (κ2) is 6.98. The third-order valence-corrected chi connectivity index (χ3v) is 3.68. The number of carbonyl (C=O) groups excluding carboxylic acids is 1. The van der Waals surface area contributed by atoms with Crippen LogP contribution >= 0.6 is 11.6 Å². The minimum absolute atomic E-state index is 0.0633. The summed E-state index contributed by atoms with van der Waals surface area (Å²) in [4.78, 5) is 14.1. The van der Waals surface area contributed by atoms with Gasteiger partial charge in [-0.3, -0.25) is 9.69 Å². The first kappa shape index (κ1) is 14.4. The van der Waals surface area contributed by atoms with Crippen LogP contribution < -0.4 is 5.32 Å². The Bertz CT molecular complexity index is 445. The number of carbonyl (C=O) groups is 1. The fourth-order valence-electron chi connectivity index (χ4n) is 2.26. The minimum Gasteiger partial charge on any atom is -0.315 e. The molecule has 1 aromatic rings. The van der Waals surface area contributed by atoms with E-state index in [9.17, 15) is 9.18 Å². The van der Waals surface area contributed by atoms with Gasteiger partial charge in [-0.05, 0) is 31.1 Å². The van der Waals surface area contributed by atoms with Crippen LogP contribution in [-0.2, 0) is 11.2 Å². The maximum atomic E-state index is 13.3. The SMILES string of the molecule is O=C(Cc1cccc(F)c1Cl)CN1CCCNCC1. The Morgan fingerprint density at radius 3 is 3.05 bits per heavy atom. The molecule has 0 spiro atoms. The topological polar surface area (TPSA) is 32.3 Å². The van der Waals surface area contributed by atoms with Crippen molar-refractivity contribution in [2.45, 2.75) is 12.8 Å². The van der Waals surface area contributed by atoms with Crippen LogP contribution in [0.2, 0.25) is 5.02 Å². The highest BCUT2D eigenvalue weighted by Gasteiger charge is 2.15. The molecule has 104 valence electrons. The van der Waals surface area contributed by atoms with Crippen LogP contribution in [0.5, 0.6) is 0 Å². The smallest absolute Gasteiger partial charge is 0.151 e. The van der Waals surface area contributed by atoms with E-state index in [2.05, 4.69) is 10.2 Å². The highest BCUT2D eigenvalue weighted by molar-refractivity contribution is 6.31. The first-order valence-corrected chi connectivity index (χ1v) is 6.92. The molecular weight excluding hydrogens is 267 g/mol. The first-order valence-electron chi connectivity index (χ1n) is 6.54. The number of hydrogen-bond donors (Lipinski definition) is 1. The van der Waals surface area contributed by atoms with Gasteiger partial charge in [0.2, 0.25) is 0 Å². The molecule has 1 aliphatic rings. The fraction of sp³-hybridized carbons (Fsp3) is 0.500. The van der Waals surface area contributed by atoms with Gasteiger partial charge in [0, 0.05) is 19.5 Å². The minimum atomic E-state index is -0.467. The summed E-state index contributed by atoms with van der Waals surface area (Å²) in [6.07, 6.45) is 1.24. The fourth-order valence-corrected chi connectivity index (χ4v) is 2.46. The van der Waals surface area contributed by atoms with Crippen LogP contribution in [0.3, 0.4) is 0 Å². The molecule has 2 rings (SSSR count). The summed E-state index contributed by atoms with van der Waals surface area (Å²) in [7, 11) is 0. The molecular formula is C14H18ClFN2O. The van der Waals surface area contributed by atoms with Crippen molar-refractivity contribution in [3.63, 3.8) is 0 Å². The van der Waals surface area contributed by atoms with Gasteiger partial charge in [-0.25, -0.2) is 4.39 Å². The van der Waals surface area contributed by atoms with Gasteiger partial charge < -0.3 is 5.32 Å². The standard InChI is InChI=1S/C14H18ClFN2O/c15-14-11(3-1-4-13(14)16)9-12(19)10-18-7-2-5-17-6-8-18/h1,3-4,17H,2,5-10H2. The van der Waals surface area contributed by atoms with Crippen LogP contribution in [0, 0.1) is 5.82 Å². The maximum absolute atomic E-state index is 13.3. The maximum Gasteiger partial charge on any atom is 0.151 e. The number of Topliss-reactive ketones (excluding diaryl/α,β-unsaturated/α-hetero) is 1. The van der Waals surface area contributed by atoms with Crippen molar-refractivity contribution in [2.24, 2.45) is 0 Å². The number of benzene rings is 1. The van der Waals surface area contributed by atoms with E-state index in [1.54, 1.807) is 12.1 Å². The zero-order valence-corrected chi connectivity index (χ0v) is 11.5. The average Bonchev–Trinajstić information content (AvgIpc) is 2.63. The van der Waals surface area contributed by atoms with Crippen molar-refractivity contribution in [1.82, 2.24) is 10.2 Å². The monoisotopic (exact) mass is 284 g/mol. The number of halogens is 2. The Kier molecular flexibility index (Phi) is 5.31. The van der Waals surface area contributed by atoms with E-state index < -0.39 is 5.82 Å². The molecule has 1 aromatic carbocycles.